The molecule has 0 saturated carbocycles. The Morgan fingerprint density at radius 3 is 2.55 bits per heavy atom. The standard InChI is InChI=1S/C25H26N6O2/c1-30-21-13-15-31(25(32)26-14-12-18-8-4-2-5-9-18)17-20(21)23(28-30)24-27-22(29-33-24)16-19-10-6-3-7-11-19/h2-11H,12-17H2,1H3,(H,26,32). The fraction of sp³-hybridized carbons (Fsp3) is 0.280. The number of nitrogens with one attached hydrogen (secondary N) is 1. The van der Waals surface area contributed by atoms with Crippen LogP contribution in [0.2, 0.25) is 0 Å². The fourth-order valence-corrected chi connectivity index (χ4v) is 4.21. The third-order valence-corrected chi connectivity index (χ3v) is 5.94. The first-order chi connectivity index (χ1) is 16.2. The number of hydrogen-bond acceptors (Lipinski definition) is 5. The number of carbonyl (C=O) groups is 1. The summed E-state index contributed by atoms with van der Waals surface area (Å²) < 4.78 is 7.41. The zero-order valence-corrected chi connectivity index (χ0v) is 18.6. The van der Waals surface area contributed by atoms with Crippen LogP contribution >= 0.6 is 0 Å². The average molecular weight is 443 g/mol. The van der Waals surface area contributed by atoms with Crippen molar-refractivity contribution in [2.45, 2.75) is 25.8 Å². The molecule has 0 spiro atoms. The van der Waals surface area contributed by atoms with Gasteiger partial charge in [-0.2, -0.15) is 10.1 Å². The van der Waals surface area contributed by atoms with Gasteiger partial charge in [-0.3, -0.25) is 4.68 Å². The summed E-state index contributed by atoms with van der Waals surface area (Å²) in [4.78, 5) is 19.2. The molecule has 33 heavy (non-hydrogen) atoms. The summed E-state index contributed by atoms with van der Waals surface area (Å²) in [6, 6.07) is 20.1. The van der Waals surface area contributed by atoms with Gasteiger partial charge in [-0.25, -0.2) is 4.79 Å². The minimum Gasteiger partial charge on any atom is -0.338 e. The highest BCUT2D eigenvalue weighted by atomic mass is 16.5. The van der Waals surface area contributed by atoms with Crippen LogP contribution in [0.1, 0.15) is 28.2 Å². The number of aromatic nitrogens is 4. The van der Waals surface area contributed by atoms with Gasteiger partial charge in [0.1, 0.15) is 0 Å². The van der Waals surface area contributed by atoms with Crippen LogP contribution in [-0.4, -0.2) is 43.9 Å². The lowest BCUT2D eigenvalue weighted by Gasteiger charge is -2.27. The summed E-state index contributed by atoms with van der Waals surface area (Å²) in [7, 11) is 1.92. The zero-order valence-electron chi connectivity index (χ0n) is 18.6. The van der Waals surface area contributed by atoms with Crippen molar-refractivity contribution >= 4 is 6.03 Å². The normalized spacial score (nSPS) is 13.1. The Hall–Kier alpha value is -3.94. The van der Waals surface area contributed by atoms with Gasteiger partial charge in [0, 0.05) is 44.2 Å². The summed E-state index contributed by atoms with van der Waals surface area (Å²) in [5.74, 6) is 1.01. The molecular formula is C25H26N6O2. The lowest BCUT2D eigenvalue weighted by Crippen LogP contribution is -2.43. The monoisotopic (exact) mass is 442 g/mol. The maximum atomic E-state index is 12.8. The maximum Gasteiger partial charge on any atom is 0.317 e. The SMILES string of the molecule is Cn1nc(-c2nc(Cc3ccccc3)no2)c2c1CCN(C(=O)NCCc1ccccc1)C2. The second-order valence-electron chi connectivity index (χ2n) is 8.21. The van der Waals surface area contributed by atoms with Crippen LogP contribution in [0, 0.1) is 0 Å². The largest absolute Gasteiger partial charge is 0.338 e. The van der Waals surface area contributed by atoms with Gasteiger partial charge >= 0.3 is 6.03 Å². The van der Waals surface area contributed by atoms with Gasteiger partial charge < -0.3 is 14.7 Å². The van der Waals surface area contributed by atoms with E-state index in [0.29, 0.717) is 43.5 Å². The van der Waals surface area contributed by atoms with Crippen LogP contribution < -0.4 is 5.32 Å². The molecule has 8 nitrogen and oxygen atoms in total. The highest BCUT2D eigenvalue weighted by Gasteiger charge is 2.29. The predicted molar refractivity (Wildman–Crippen MR) is 123 cm³/mol. The number of fused-ring (bicyclic) bond motifs is 1. The highest BCUT2D eigenvalue weighted by molar-refractivity contribution is 5.75. The molecule has 5 rings (SSSR count). The molecule has 2 amide bonds. The predicted octanol–water partition coefficient (Wildman–Crippen LogP) is 3.37. The van der Waals surface area contributed by atoms with Crippen LogP contribution in [0.5, 0.6) is 0 Å². The van der Waals surface area contributed by atoms with Crippen molar-refractivity contribution in [1.29, 1.82) is 0 Å². The summed E-state index contributed by atoms with van der Waals surface area (Å²) in [6.45, 7) is 1.71. The molecule has 0 saturated heterocycles. The van der Waals surface area contributed by atoms with E-state index in [1.54, 1.807) is 0 Å². The lowest BCUT2D eigenvalue weighted by atomic mass is 10.1. The molecule has 4 aromatic rings. The van der Waals surface area contributed by atoms with Crippen LogP contribution in [-0.2, 0) is 32.9 Å². The van der Waals surface area contributed by atoms with Crippen molar-refractivity contribution in [2.75, 3.05) is 13.1 Å². The molecule has 0 radical (unpaired) electrons. The molecule has 0 bridgehead atoms. The van der Waals surface area contributed by atoms with E-state index in [2.05, 4.69) is 32.7 Å². The molecule has 0 fully saturated rings. The van der Waals surface area contributed by atoms with Gasteiger partial charge in [0.2, 0.25) is 0 Å². The Kier molecular flexibility index (Phi) is 5.89. The number of amides is 2. The van der Waals surface area contributed by atoms with E-state index in [-0.39, 0.29) is 6.03 Å². The topological polar surface area (TPSA) is 89.1 Å². The van der Waals surface area contributed by atoms with Crippen molar-refractivity contribution in [3.8, 4) is 11.6 Å². The van der Waals surface area contributed by atoms with Crippen molar-refractivity contribution in [2.24, 2.45) is 7.05 Å². The number of nitrogens with zero attached hydrogens (tertiary/aromatic N) is 5. The van der Waals surface area contributed by atoms with Crippen molar-refractivity contribution in [3.05, 3.63) is 88.9 Å². The summed E-state index contributed by atoms with van der Waals surface area (Å²) >= 11 is 0. The molecule has 2 aromatic heterocycles. The van der Waals surface area contributed by atoms with Crippen LogP contribution in [0.15, 0.2) is 65.2 Å². The molecule has 2 aromatic carbocycles. The zero-order chi connectivity index (χ0) is 22.6. The minimum absolute atomic E-state index is 0.0679. The smallest absolute Gasteiger partial charge is 0.317 e. The Morgan fingerprint density at radius 1 is 1.06 bits per heavy atom. The number of urea groups is 1. The molecule has 1 aliphatic rings. The molecular weight excluding hydrogens is 416 g/mol. The third kappa shape index (κ3) is 4.64. The molecule has 8 heteroatoms. The summed E-state index contributed by atoms with van der Waals surface area (Å²) in [6.07, 6.45) is 2.13. The first kappa shape index (κ1) is 20.9. The number of aryl methyl sites for hydroxylation is 1. The van der Waals surface area contributed by atoms with E-state index >= 15 is 0 Å². The van der Waals surface area contributed by atoms with E-state index in [0.717, 1.165) is 29.7 Å². The van der Waals surface area contributed by atoms with E-state index in [9.17, 15) is 4.79 Å². The number of rotatable bonds is 6. The Balaban J connectivity index is 1.27. The van der Waals surface area contributed by atoms with Gasteiger partial charge in [-0.1, -0.05) is 65.8 Å². The Bertz CT molecular complexity index is 1230. The van der Waals surface area contributed by atoms with Crippen molar-refractivity contribution in [1.82, 2.24) is 30.1 Å². The van der Waals surface area contributed by atoms with Gasteiger partial charge in [-0.15, -0.1) is 0 Å². The average Bonchev–Trinajstić information content (AvgIpc) is 3.44. The maximum absolute atomic E-state index is 12.8. The van der Waals surface area contributed by atoms with E-state index < -0.39 is 0 Å². The number of hydrogen-bond donors (Lipinski definition) is 1. The van der Waals surface area contributed by atoms with Crippen LogP contribution in [0.25, 0.3) is 11.6 Å². The highest BCUT2D eigenvalue weighted by Crippen LogP contribution is 2.29. The summed E-state index contributed by atoms with van der Waals surface area (Å²) in [5, 5.41) is 11.8. The van der Waals surface area contributed by atoms with Crippen LogP contribution in [0.3, 0.4) is 0 Å². The Morgan fingerprint density at radius 2 is 1.79 bits per heavy atom. The minimum atomic E-state index is -0.0679. The fourth-order valence-electron chi connectivity index (χ4n) is 4.21. The molecule has 1 aliphatic heterocycles. The second kappa shape index (κ2) is 9.28. The van der Waals surface area contributed by atoms with Crippen LogP contribution in [0.4, 0.5) is 4.79 Å². The van der Waals surface area contributed by atoms with E-state index in [1.165, 1.54) is 5.56 Å². The second-order valence-corrected chi connectivity index (χ2v) is 8.21. The lowest BCUT2D eigenvalue weighted by molar-refractivity contribution is 0.192. The summed E-state index contributed by atoms with van der Waals surface area (Å²) in [5.41, 5.74) is 5.04. The first-order valence-corrected chi connectivity index (χ1v) is 11.2. The molecule has 3 heterocycles. The molecule has 0 unspecified atom stereocenters. The van der Waals surface area contributed by atoms with Crippen molar-refractivity contribution < 1.29 is 9.32 Å². The molecule has 1 N–H and O–H groups in total. The quantitative estimate of drug-likeness (QED) is 0.495. The molecule has 0 atom stereocenters. The Labute approximate surface area is 192 Å². The van der Waals surface area contributed by atoms with Crippen molar-refractivity contribution in [3.63, 3.8) is 0 Å². The number of carbonyl (C=O) groups excluding carboxylic acids is 1. The number of benzene rings is 2. The van der Waals surface area contributed by atoms with E-state index in [1.807, 2.05) is 65.2 Å². The molecule has 168 valence electrons. The molecule has 0 aliphatic carbocycles. The first-order valence-electron chi connectivity index (χ1n) is 11.2. The van der Waals surface area contributed by atoms with Gasteiger partial charge in [0.05, 0.1) is 6.54 Å². The third-order valence-electron chi connectivity index (χ3n) is 5.94. The van der Waals surface area contributed by atoms with Gasteiger partial charge in [-0.05, 0) is 17.5 Å². The van der Waals surface area contributed by atoms with Gasteiger partial charge in [0.15, 0.2) is 11.5 Å². The van der Waals surface area contributed by atoms with Gasteiger partial charge in [0.25, 0.3) is 5.89 Å². The van der Waals surface area contributed by atoms with E-state index in [4.69, 9.17) is 4.52 Å².